The third kappa shape index (κ3) is 10.5. The molecule has 2 saturated heterocycles. The van der Waals surface area contributed by atoms with Gasteiger partial charge in [-0.15, -0.1) is 0 Å². The zero-order valence-electron chi connectivity index (χ0n) is 31.7. The molecule has 3 aliphatic rings. The molecule has 296 valence electrons. The second kappa shape index (κ2) is 17.8. The van der Waals surface area contributed by atoms with Crippen LogP contribution in [0.1, 0.15) is 56.0 Å². The molecule has 16 heteroatoms. The average Bonchev–Trinajstić information content (AvgIpc) is 3.84. The number of ketones is 1. The number of halogens is 1. The number of benzene rings is 2. The van der Waals surface area contributed by atoms with E-state index in [2.05, 4.69) is 22.7 Å². The Morgan fingerprint density at radius 3 is 2.49 bits per heavy atom. The maximum absolute atomic E-state index is 13.4. The summed E-state index contributed by atoms with van der Waals surface area (Å²) in [5, 5.41) is 5.90. The minimum absolute atomic E-state index is 0. The van der Waals surface area contributed by atoms with Gasteiger partial charge in [0.1, 0.15) is 17.4 Å². The standard InChI is InChI=1S/C39H48N6O9.HI/c1-39(2,3)54-38(50)43-15-18-45(4,19-16-43)17-6-20-51-27-9-10-30-29(22-27)28(12-13-40-30)36(48)42-24-34(46)44-14-5-7-31(44)35(47)37(49)41-23-26-8-11-32-33(21-26)53-25-52-32;/h8-13,21-22,31H,5-7,14-20,23-25H2,1-4H3,(H-,41,42,48,49);1H/t31-;/m0./s1. The summed E-state index contributed by atoms with van der Waals surface area (Å²) in [5.74, 6) is -0.621. The number of piperazine rings is 1. The van der Waals surface area contributed by atoms with Gasteiger partial charge >= 0.3 is 6.09 Å². The summed E-state index contributed by atoms with van der Waals surface area (Å²) in [6.45, 7) is 10.1. The molecule has 0 aliphatic carbocycles. The van der Waals surface area contributed by atoms with Gasteiger partial charge in [-0.2, -0.15) is 0 Å². The molecule has 1 atom stereocenters. The third-order valence-corrected chi connectivity index (χ3v) is 9.93. The van der Waals surface area contributed by atoms with E-state index in [1.54, 1.807) is 41.3 Å². The van der Waals surface area contributed by atoms with Gasteiger partial charge < -0.3 is 62.9 Å². The molecule has 15 nitrogen and oxygen atoms in total. The van der Waals surface area contributed by atoms with Crippen LogP contribution in [0.2, 0.25) is 0 Å². The Morgan fingerprint density at radius 1 is 0.964 bits per heavy atom. The number of hydrogen-bond acceptors (Lipinski definition) is 10. The summed E-state index contributed by atoms with van der Waals surface area (Å²) in [6.07, 6.45) is 2.98. The first kappa shape index (κ1) is 41.5. The van der Waals surface area contributed by atoms with Gasteiger partial charge in [0.2, 0.25) is 18.5 Å². The molecule has 0 unspecified atom stereocenters. The number of amides is 4. The Kier molecular flexibility index (Phi) is 13.4. The van der Waals surface area contributed by atoms with Gasteiger partial charge in [-0.25, -0.2) is 4.79 Å². The number of nitrogens with zero attached hydrogens (tertiary/aromatic N) is 4. The highest BCUT2D eigenvalue weighted by Gasteiger charge is 2.37. The van der Waals surface area contributed by atoms with E-state index < -0.39 is 35.1 Å². The number of nitrogens with one attached hydrogen (secondary N) is 2. The molecule has 1 aromatic heterocycles. The zero-order valence-corrected chi connectivity index (χ0v) is 33.9. The number of ether oxygens (including phenoxy) is 4. The zero-order chi connectivity index (χ0) is 38.5. The predicted molar refractivity (Wildman–Crippen MR) is 197 cm³/mol. The number of hydrogen-bond donors (Lipinski definition) is 2. The van der Waals surface area contributed by atoms with E-state index in [1.807, 2.05) is 26.8 Å². The number of fused-ring (bicyclic) bond motifs is 2. The van der Waals surface area contributed by atoms with Gasteiger partial charge in [0.25, 0.3) is 11.8 Å². The van der Waals surface area contributed by atoms with Crippen molar-refractivity contribution >= 4 is 40.5 Å². The molecule has 55 heavy (non-hydrogen) atoms. The van der Waals surface area contributed by atoms with Crippen LogP contribution in [-0.2, 0) is 25.7 Å². The van der Waals surface area contributed by atoms with Crippen molar-refractivity contribution in [3.8, 4) is 17.2 Å². The number of likely N-dealkylation sites (N-methyl/N-ethyl adjacent to an activating group) is 1. The molecule has 0 bridgehead atoms. The molecule has 6 rings (SSSR count). The highest BCUT2D eigenvalue weighted by atomic mass is 127. The Morgan fingerprint density at radius 2 is 1.73 bits per heavy atom. The summed E-state index contributed by atoms with van der Waals surface area (Å²) in [6, 6.07) is 11.3. The average molecular weight is 873 g/mol. The fraction of sp³-hybridized carbons (Fsp3) is 0.487. The van der Waals surface area contributed by atoms with Crippen molar-refractivity contribution < 1.29 is 71.4 Å². The van der Waals surface area contributed by atoms with Gasteiger partial charge in [0.15, 0.2) is 11.5 Å². The third-order valence-electron chi connectivity index (χ3n) is 9.93. The normalized spacial score (nSPS) is 17.3. The molecule has 2 aromatic carbocycles. The van der Waals surface area contributed by atoms with Crippen molar-refractivity contribution in [1.29, 1.82) is 0 Å². The lowest BCUT2D eigenvalue weighted by molar-refractivity contribution is -0.913. The van der Waals surface area contributed by atoms with E-state index in [-0.39, 0.29) is 50.0 Å². The number of aromatic nitrogens is 1. The minimum Gasteiger partial charge on any atom is -1.00 e. The van der Waals surface area contributed by atoms with Crippen molar-refractivity contribution in [1.82, 2.24) is 25.4 Å². The highest BCUT2D eigenvalue weighted by molar-refractivity contribution is 6.38. The number of carbonyl (C=O) groups excluding carboxylic acids is 5. The van der Waals surface area contributed by atoms with Gasteiger partial charge in [0, 0.05) is 31.1 Å². The van der Waals surface area contributed by atoms with Gasteiger partial charge in [-0.1, -0.05) is 6.07 Å². The van der Waals surface area contributed by atoms with Crippen LogP contribution in [-0.4, -0.2) is 127 Å². The summed E-state index contributed by atoms with van der Waals surface area (Å²) >= 11 is 0. The van der Waals surface area contributed by atoms with E-state index in [0.717, 1.165) is 36.1 Å². The number of rotatable bonds is 12. The number of quaternary nitrogens is 1. The largest absolute Gasteiger partial charge is 1.00 e. The maximum atomic E-state index is 13.4. The fourth-order valence-electron chi connectivity index (χ4n) is 6.89. The molecule has 4 heterocycles. The molecular formula is C39H49IN6O9. The highest BCUT2D eigenvalue weighted by Crippen LogP contribution is 2.32. The van der Waals surface area contributed by atoms with E-state index >= 15 is 0 Å². The molecule has 3 aromatic rings. The van der Waals surface area contributed by atoms with Crippen LogP contribution in [0.5, 0.6) is 17.2 Å². The molecule has 2 N–H and O–H groups in total. The monoisotopic (exact) mass is 872 g/mol. The second-order valence-electron chi connectivity index (χ2n) is 15.2. The molecule has 2 fully saturated rings. The molecule has 4 amide bonds. The van der Waals surface area contributed by atoms with E-state index in [0.29, 0.717) is 72.8 Å². The topological polar surface area (TPSA) is 166 Å². The number of Topliss-reactive ketones (excluding diaryl/α,β-unsaturated/α-hetero) is 1. The summed E-state index contributed by atoms with van der Waals surface area (Å²) in [4.78, 5) is 72.5. The quantitative estimate of drug-likeness (QED) is 0.110. The van der Waals surface area contributed by atoms with Crippen molar-refractivity contribution in [3.63, 3.8) is 0 Å². The number of carbonyl (C=O) groups is 5. The predicted octanol–water partition coefficient (Wildman–Crippen LogP) is 0.0400. The maximum Gasteiger partial charge on any atom is 0.410 e. The first-order chi connectivity index (χ1) is 25.8. The van der Waals surface area contributed by atoms with Crippen LogP contribution >= 0.6 is 0 Å². The lowest BCUT2D eigenvalue weighted by Gasteiger charge is -2.42. The van der Waals surface area contributed by atoms with Crippen molar-refractivity contribution in [2.75, 3.05) is 66.3 Å². The lowest BCUT2D eigenvalue weighted by Crippen LogP contribution is -3.00. The van der Waals surface area contributed by atoms with Crippen molar-refractivity contribution in [3.05, 3.63) is 59.8 Å². The first-order valence-corrected chi connectivity index (χ1v) is 18.4. The smallest absolute Gasteiger partial charge is 0.410 e. The molecule has 0 saturated carbocycles. The van der Waals surface area contributed by atoms with Crippen LogP contribution in [0, 0.1) is 0 Å². The van der Waals surface area contributed by atoms with Gasteiger partial charge in [-0.05, 0) is 75.6 Å². The minimum atomic E-state index is -0.904. The Bertz CT molecular complexity index is 1910. The summed E-state index contributed by atoms with van der Waals surface area (Å²) < 4.78 is 23.1. The Hall–Kier alpha value is -4.71. The van der Waals surface area contributed by atoms with Crippen LogP contribution in [0.4, 0.5) is 4.79 Å². The van der Waals surface area contributed by atoms with Crippen LogP contribution in [0.3, 0.4) is 0 Å². The summed E-state index contributed by atoms with van der Waals surface area (Å²) in [5.41, 5.74) is 1.14. The molecule has 0 radical (unpaired) electrons. The van der Waals surface area contributed by atoms with Gasteiger partial charge in [-0.3, -0.25) is 29.1 Å². The number of pyridine rings is 1. The summed E-state index contributed by atoms with van der Waals surface area (Å²) in [7, 11) is 2.19. The molecule has 3 aliphatic heterocycles. The molecular weight excluding hydrogens is 823 g/mol. The van der Waals surface area contributed by atoms with E-state index in [9.17, 15) is 24.0 Å². The van der Waals surface area contributed by atoms with E-state index in [1.165, 1.54) is 11.1 Å². The van der Waals surface area contributed by atoms with E-state index in [4.69, 9.17) is 18.9 Å². The van der Waals surface area contributed by atoms with Crippen LogP contribution in [0.15, 0.2) is 48.7 Å². The van der Waals surface area contributed by atoms with Crippen molar-refractivity contribution in [2.24, 2.45) is 0 Å². The van der Waals surface area contributed by atoms with Crippen molar-refractivity contribution in [2.45, 2.75) is 58.2 Å². The Labute approximate surface area is 337 Å². The van der Waals surface area contributed by atoms with Gasteiger partial charge in [0.05, 0.1) is 64.0 Å². The molecule has 0 spiro atoms. The number of likely N-dealkylation sites (tertiary alicyclic amines) is 1. The first-order valence-electron chi connectivity index (χ1n) is 18.4. The van der Waals surface area contributed by atoms with Crippen LogP contribution < -0.4 is 48.8 Å². The SMILES string of the molecule is CC(C)(C)OC(=O)N1CC[N+](C)(CCCOc2ccc3nccc(C(=O)NCC(=O)N4CCC[C@H]4C(=O)C(=O)NCc4ccc5c(c4)OCO5)c3c2)CC1.[I-]. The van der Waals surface area contributed by atoms with Crippen LogP contribution in [0.25, 0.3) is 10.9 Å². The Balaban J connectivity index is 0.00000580. The fourth-order valence-corrected chi connectivity index (χ4v) is 6.89. The lowest BCUT2D eigenvalue weighted by atomic mass is 10.1. The second-order valence-corrected chi connectivity index (χ2v) is 15.2.